The molecule has 20 heteroatoms. The molecule has 0 aliphatic carbocycles. The maximum absolute atomic E-state index is 17.3. The second kappa shape index (κ2) is 10.2. The van der Waals surface area contributed by atoms with Gasteiger partial charge in [-0.2, -0.15) is 0 Å². The molecule has 2 heterocycles. The first kappa shape index (κ1) is 33.3. The second-order valence-electron chi connectivity index (χ2n) is 10.1. The van der Waals surface area contributed by atoms with Crippen LogP contribution in [0, 0.1) is 5.82 Å². The lowest BCUT2D eigenvalue weighted by Gasteiger charge is -2.73. The maximum Gasteiger partial charge on any atom is 0.252 e. The molecule has 1 unspecified atom stereocenters. The largest absolute Gasteiger partial charge is 0.352 e. The molecule has 3 rings (SSSR count). The van der Waals surface area contributed by atoms with Gasteiger partial charge < -0.3 is 10.2 Å². The first-order valence-corrected chi connectivity index (χ1v) is 11.7. The number of pyridine rings is 1. The lowest BCUT2D eigenvalue weighted by molar-refractivity contribution is -0.0148. The molecule has 1 aliphatic rings. The molecule has 1 aromatic carbocycles. The molecule has 1 N–H and O–H groups in total. The maximum atomic E-state index is 17.3. The Kier molecular flexibility index (Phi) is 8.50. The number of benzene rings is 1. The molecule has 1 atom stereocenters. The van der Waals surface area contributed by atoms with Gasteiger partial charge in [-0.25, -0.2) is 8.78 Å². The highest BCUT2D eigenvalue weighted by Gasteiger charge is 2.69. The van der Waals surface area contributed by atoms with Crippen LogP contribution < -0.4 is 5.32 Å². The fourth-order valence-electron chi connectivity index (χ4n) is 4.53. The third kappa shape index (κ3) is 5.25. The molecule has 1 aliphatic heterocycles. The number of amides is 1. The molecule has 0 bridgehead atoms. The van der Waals surface area contributed by atoms with Crippen LogP contribution in [-0.4, -0.2) is 141 Å². The van der Waals surface area contributed by atoms with E-state index in [0.29, 0.717) is 4.90 Å². The van der Waals surface area contributed by atoms with Gasteiger partial charge in [-0.05, 0) is 45.8 Å². The molecular formula is C20H9B13ClF2N3O. The SMILES string of the molecule is [B]C([B])([B])c1ccc(C([B])([B])NC([B])([B])C2(F)C([B])([B])CN(C(=O)c3ccc(F)c(Cl)c3)C([B])([B])C2([B])[B])nc1. The van der Waals surface area contributed by atoms with E-state index in [1.165, 1.54) is 12.1 Å². The highest BCUT2D eigenvalue weighted by atomic mass is 35.5. The Morgan fingerprint density at radius 1 is 0.975 bits per heavy atom. The van der Waals surface area contributed by atoms with E-state index in [2.05, 4.69) is 10.3 Å². The Labute approximate surface area is 255 Å². The Hall–Kier alpha value is -1.21. The Bertz CT molecular complexity index is 1310. The summed E-state index contributed by atoms with van der Waals surface area (Å²) in [5, 5.41) is -14.0. The number of nitrogens with one attached hydrogen (secondary N) is 1. The molecule has 26 radical (unpaired) electrons. The van der Waals surface area contributed by atoms with Crippen molar-refractivity contribution < 1.29 is 13.6 Å². The number of alkyl halides is 1. The molecule has 1 amide bonds. The zero-order chi connectivity index (χ0) is 30.9. The zero-order valence-corrected chi connectivity index (χ0v) is 21.9. The van der Waals surface area contributed by atoms with E-state index in [4.69, 9.17) is 114 Å². The van der Waals surface area contributed by atoms with Crippen LogP contribution in [0.5, 0.6) is 0 Å². The van der Waals surface area contributed by atoms with E-state index < -0.39 is 60.5 Å². The lowest BCUT2D eigenvalue weighted by atomic mass is 9.17. The normalized spacial score (nSPS) is 22.4. The Morgan fingerprint density at radius 2 is 1.55 bits per heavy atom. The van der Waals surface area contributed by atoms with Crippen molar-refractivity contribution in [2.24, 2.45) is 0 Å². The number of likely N-dealkylation sites (tertiary alicyclic amines) is 1. The van der Waals surface area contributed by atoms with Crippen LogP contribution >= 0.6 is 11.6 Å². The number of rotatable bonds is 6. The molecule has 40 heavy (non-hydrogen) atoms. The minimum absolute atomic E-state index is 0.170. The predicted molar refractivity (Wildman–Crippen MR) is 163 cm³/mol. The average Bonchev–Trinajstić information content (AvgIpc) is 2.81. The van der Waals surface area contributed by atoms with Crippen LogP contribution in [-0.2, 0) is 10.5 Å². The van der Waals surface area contributed by atoms with E-state index in [-0.39, 0.29) is 16.8 Å². The van der Waals surface area contributed by atoms with Crippen LogP contribution in [0.3, 0.4) is 0 Å². The number of carbonyl (C=O) groups excluding carboxylic acids is 1. The minimum Gasteiger partial charge on any atom is -0.352 e. The molecule has 0 saturated carbocycles. The smallest absolute Gasteiger partial charge is 0.252 e. The van der Waals surface area contributed by atoms with Crippen molar-refractivity contribution in [2.45, 2.75) is 37.2 Å². The molecule has 170 valence electrons. The van der Waals surface area contributed by atoms with Gasteiger partial charge in [0.25, 0.3) is 5.91 Å². The van der Waals surface area contributed by atoms with Gasteiger partial charge in [0, 0.05) is 24.0 Å². The first-order valence-electron chi connectivity index (χ1n) is 11.3. The molecule has 0 spiro atoms. The molecular weight excluding hydrogens is 512 g/mol. The fraction of sp³-hybridized carbons (Fsp3) is 0.400. The summed E-state index contributed by atoms with van der Waals surface area (Å²) in [6.07, 6.45) is 1.15. The van der Waals surface area contributed by atoms with Crippen LogP contribution in [0.2, 0.25) is 15.5 Å². The number of hydrogen-bond acceptors (Lipinski definition) is 3. The topological polar surface area (TPSA) is 45.2 Å². The van der Waals surface area contributed by atoms with Gasteiger partial charge >= 0.3 is 0 Å². The lowest BCUT2D eigenvalue weighted by Crippen LogP contribution is -2.84. The number of halogens is 3. The van der Waals surface area contributed by atoms with E-state index in [1.807, 2.05) is 0 Å². The summed E-state index contributed by atoms with van der Waals surface area (Å²) < 4.78 is 30.9. The minimum atomic E-state index is -3.60. The third-order valence-corrected chi connectivity index (χ3v) is 7.11. The van der Waals surface area contributed by atoms with Crippen molar-refractivity contribution in [1.82, 2.24) is 15.2 Å². The number of aromatic nitrogens is 1. The number of piperidine rings is 1. The average molecular weight is 521 g/mol. The van der Waals surface area contributed by atoms with E-state index in [0.717, 1.165) is 24.4 Å². The molecule has 4 nitrogen and oxygen atoms in total. The molecule has 1 aromatic heterocycles. The van der Waals surface area contributed by atoms with E-state index in [1.54, 1.807) is 0 Å². The van der Waals surface area contributed by atoms with Gasteiger partial charge in [-0.15, -0.1) is 5.11 Å². The molecule has 1 fully saturated rings. The van der Waals surface area contributed by atoms with Crippen molar-refractivity contribution in [3.8, 4) is 0 Å². The van der Waals surface area contributed by atoms with Crippen molar-refractivity contribution in [1.29, 1.82) is 0 Å². The van der Waals surface area contributed by atoms with Gasteiger partial charge in [0.05, 0.1) is 113 Å². The van der Waals surface area contributed by atoms with Crippen LogP contribution in [0.25, 0.3) is 0 Å². The summed E-state index contributed by atoms with van der Waals surface area (Å²) >= 11 is 5.77. The van der Waals surface area contributed by atoms with Gasteiger partial charge in [0.1, 0.15) is 5.82 Å². The standard InChI is InChI=1S/C20H9B13ClF2N3O/c21-14(22)7-39(13(40)8-1-3-11(35)10(34)5-8)20(32,33)18(28,29)17(14,36)19(30,31)38-16(26,27)12-4-2-9(6-37-12)15(23,24)25/h1-6,38H,7H2. The van der Waals surface area contributed by atoms with Crippen LogP contribution in [0.4, 0.5) is 8.78 Å². The van der Waals surface area contributed by atoms with Crippen molar-refractivity contribution >= 4 is 120 Å². The monoisotopic (exact) mass is 523 g/mol. The quantitative estimate of drug-likeness (QED) is 0.421. The van der Waals surface area contributed by atoms with Crippen molar-refractivity contribution in [3.05, 3.63) is 64.2 Å². The molecule has 2 aromatic rings. The fourth-order valence-corrected chi connectivity index (χ4v) is 4.71. The zero-order valence-electron chi connectivity index (χ0n) is 21.1. The van der Waals surface area contributed by atoms with E-state index >= 15 is 4.39 Å². The number of carbonyl (C=O) groups is 1. The third-order valence-electron chi connectivity index (χ3n) is 6.82. The van der Waals surface area contributed by atoms with Gasteiger partial charge in [0.15, 0.2) is 0 Å². The van der Waals surface area contributed by atoms with Crippen LogP contribution in [0.15, 0.2) is 36.5 Å². The van der Waals surface area contributed by atoms with Crippen molar-refractivity contribution in [3.63, 3.8) is 0 Å². The van der Waals surface area contributed by atoms with E-state index in [9.17, 15) is 9.18 Å². The highest BCUT2D eigenvalue weighted by molar-refractivity contribution is 6.60. The van der Waals surface area contributed by atoms with Gasteiger partial charge in [-0.1, -0.05) is 28.1 Å². The summed E-state index contributed by atoms with van der Waals surface area (Å²) in [7, 11) is 78.3. The van der Waals surface area contributed by atoms with Gasteiger partial charge in [-0.3, -0.25) is 9.78 Å². The summed E-state index contributed by atoms with van der Waals surface area (Å²) in [6, 6.07) is 5.49. The van der Waals surface area contributed by atoms with Crippen LogP contribution in [0.1, 0.15) is 21.6 Å². The summed E-state index contributed by atoms with van der Waals surface area (Å²) in [5.74, 6) is -1.86. The Balaban J connectivity index is 2.05. The molecule has 1 saturated heterocycles. The predicted octanol–water partition coefficient (Wildman–Crippen LogP) is -2.72. The summed E-state index contributed by atoms with van der Waals surface area (Å²) in [5.41, 5.74) is -3.82. The Morgan fingerprint density at radius 3 is 2.02 bits per heavy atom. The summed E-state index contributed by atoms with van der Waals surface area (Å²) in [4.78, 5) is 17.9. The number of hydrogen-bond donors (Lipinski definition) is 1. The van der Waals surface area contributed by atoms with Crippen molar-refractivity contribution in [2.75, 3.05) is 6.54 Å². The second-order valence-corrected chi connectivity index (χ2v) is 10.5. The first-order chi connectivity index (χ1) is 17.8. The summed E-state index contributed by atoms with van der Waals surface area (Å²) in [6.45, 7) is -0.973. The number of nitrogens with zero attached hydrogens (tertiary/aromatic N) is 2. The van der Waals surface area contributed by atoms with Gasteiger partial charge in [0.2, 0.25) is 0 Å². The highest BCUT2D eigenvalue weighted by Crippen LogP contribution is 2.63.